The zero-order valence-corrected chi connectivity index (χ0v) is 12.5. The topological polar surface area (TPSA) is 91.5 Å². The highest BCUT2D eigenvalue weighted by molar-refractivity contribution is 9.10. The predicted octanol–water partition coefficient (Wildman–Crippen LogP) is 1.90. The number of rotatable bonds is 3. The van der Waals surface area contributed by atoms with E-state index < -0.39 is 0 Å². The maximum absolute atomic E-state index is 7.33. The lowest BCUT2D eigenvalue weighted by Gasteiger charge is -2.19. The minimum atomic E-state index is -0.0930. The molecule has 0 fully saturated rings. The Kier molecular flexibility index (Phi) is 7.38. The minimum Gasteiger partial charge on any atom is -0.370 e. The molecule has 0 aromatic heterocycles. The molecule has 100 valence electrons. The third kappa shape index (κ3) is 4.93. The van der Waals surface area contributed by atoms with Crippen LogP contribution < -0.4 is 11.5 Å². The van der Waals surface area contributed by atoms with E-state index in [2.05, 4.69) is 20.9 Å². The van der Waals surface area contributed by atoms with Gasteiger partial charge in [-0.2, -0.15) is 0 Å². The fourth-order valence-electron chi connectivity index (χ4n) is 1.30. The van der Waals surface area contributed by atoms with Gasteiger partial charge in [0.25, 0.3) is 0 Å². The van der Waals surface area contributed by atoms with Crippen molar-refractivity contribution in [2.75, 3.05) is 6.54 Å². The van der Waals surface area contributed by atoms with E-state index in [4.69, 9.17) is 16.9 Å². The van der Waals surface area contributed by atoms with Gasteiger partial charge in [-0.15, -0.1) is 12.4 Å². The molecular formula is C11H17BrClN5. The van der Waals surface area contributed by atoms with Crippen LogP contribution in [0.1, 0.15) is 12.5 Å². The molecule has 0 amide bonds. The molecule has 0 spiro atoms. The molecule has 0 saturated heterocycles. The summed E-state index contributed by atoms with van der Waals surface area (Å²) in [5.74, 6) is 0.174. The van der Waals surface area contributed by atoms with E-state index in [1.54, 1.807) is 0 Å². The van der Waals surface area contributed by atoms with Gasteiger partial charge in [0.1, 0.15) is 0 Å². The van der Waals surface area contributed by atoms with E-state index in [0.29, 0.717) is 13.1 Å². The van der Waals surface area contributed by atoms with Crippen LogP contribution in [-0.2, 0) is 6.54 Å². The SMILES string of the molecule is CCN(C(=N)N)C(N)=NCc1ccc(Br)cc1.Cl. The predicted molar refractivity (Wildman–Crippen MR) is 81.0 cm³/mol. The van der Waals surface area contributed by atoms with Crippen LogP contribution in [0, 0.1) is 5.41 Å². The van der Waals surface area contributed by atoms with Crippen molar-refractivity contribution in [3.63, 3.8) is 0 Å². The van der Waals surface area contributed by atoms with E-state index in [0.717, 1.165) is 10.0 Å². The highest BCUT2D eigenvalue weighted by atomic mass is 79.9. The molecule has 1 rings (SSSR count). The van der Waals surface area contributed by atoms with Crippen molar-refractivity contribution in [3.05, 3.63) is 34.3 Å². The highest BCUT2D eigenvalue weighted by Gasteiger charge is 2.07. The molecule has 0 bridgehead atoms. The molecule has 0 saturated carbocycles. The normalized spacial score (nSPS) is 10.7. The van der Waals surface area contributed by atoms with Crippen LogP contribution >= 0.6 is 28.3 Å². The first-order valence-electron chi connectivity index (χ1n) is 5.20. The van der Waals surface area contributed by atoms with Gasteiger partial charge in [0, 0.05) is 11.0 Å². The summed E-state index contributed by atoms with van der Waals surface area (Å²) < 4.78 is 1.03. The van der Waals surface area contributed by atoms with E-state index >= 15 is 0 Å². The van der Waals surface area contributed by atoms with Crippen molar-refractivity contribution >= 4 is 40.3 Å². The Morgan fingerprint density at radius 2 is 1.89 bits per heavy atom. The molecule has 5 nitrogen and oxygen atoms in total. The van der Waals surface area contributed by atoms with Gasteiger partial charge in [-0.3, -0.25) is 10.3 Å². The van der Waals surface area contributed by atoms with Crippen molar-refractivity contribution < 1.29 is 0 Å². The number of hydrogen-bond acceptors (Lipinski definition) is 2. The monoisotopic (exact) mass is 333 g/mol. The van der Waals surface area contributed by atoms with Crippen molar-refractivity contribution in [2.45, 2.75) is 13.5 Å². The number of guanidine groups is 2. The molecule has 1 aromatic carbocycles. The molecule has 0 unspecified atom stereocenters. The average Bonchev–Trinajstić information content (AvgIpc) is 2.28. The van der Waals surface area contributed by atoms with Crippen LogP contribution in [0.15, 0.2) is 33.7 Å². The fraction of sp³-hybridized carbons (Fsp3) is 0.273. The molecule has 7 heteroatoms. The van der Waals surface area contributed by atoms with Crippen LogP contribution in [0.2, 0.25) is 0 Å². The third-order valence-corrected chi connectivity index (χ3v) is 2.75. The number of nitrogens with zero attached hydrogens (tertiary/aromatic N) is 2. The Hall–Kier alpha value is -1.27. The standard InChI is InChI=1S/C11H16BrN5.ClH/c1-2-17(10(13)14)11(15)16-7-8-3-5-9(12)6-4-8;/h3-6H,2,7H2,1H3,(H3,13,14)(H2,15,16);1H. The van der Waals surface area contributed by atoms with Gasteiger partial charge in [0.15, 0.2) is 11.9 Å². The molecule has 0 aliphatic rings. The maximum atomic E-state index is 7.33. The molecule has 0 aliphatic heterocycles. The second-order valence-corrected chi connectivity index (χ2v) is 4.35. The lowest BCUT2D eigenvalue weighted by atomic mass is 10.2. The summed E-state index contributed by atoms with van der Waals surface area (Å²) in [5.41, 5.74) is 12.2. The lowest BCUT2D eigenvalue weighted by Crippen LogP contribution is -2.45. The summed E-state index contributed by atoms with van der Waals surface area (Å²) in [6.07, 6.45) is 0. The van der Waals surface area contributed by atoms with Crippen LogP contribution in [0.3, 0.4) is 0 Å². The van der Waals surface area contributed by atoms with Gasteiger partial charge in [-0.05, 0) is 24.6 Å². The third-order valence-electron chi connectivity index (χ3n) is 2.22. The van der Waals surface area contributed by atoms with Crippen LogP contribution in [0.25, 0.3) is 0 Å². The number of nitrogens with one attached hydrogen (secondary N) is 1. The first kappa shape index (κ1) is 16.7. The van der Waals surface area contributed by atoms with Crippen molar-refractivity contribution in [1.82, 2.24) is 4.90 Å². The summed E-state index contributed by atoms with van der Waals surface area (Å²) in [6.45, 7) is 2.87. The van der Waals surface area contributed by atoms with Gasteiger partial charge < -0.3 is 11.5 Å². The molecular weight excluding hydrogens is 318 g/mol. The molecule has 0 heterocycles. The summed E-state index contributed by atoms with van der Waals surface area (Å²) in [6, 6.07) is 7.82. The van der Waals surface area contributed by atoms with Gasteiger partial charge in [-0.1, -0.05) is 28.1 Å². The molecule has 0 aliphatic carbocycles. The van der Waals surface area contributed by atoms with E-state index in [1.165, 1.54) is 4.90 Å². The average molecular weight is 335 g/mol. The Labute approximate surface area is 121 Å². The second kappa shape index (κ2) is 7.94. The van der Waals surface area contributed by atoms with Crippen LogP contribution in [-0.4, -0.2) is 23.4 Å². The van der Waals surface area contributed by atoms with Gasteiger partial charge in [-0.25, -0.2) is 4.99 Å². The van der Waals surface area contributed by atoms with Crippen LogP contribution in [0.5, 0.6) is 0 Å². The molecule has 5 N–H and O–H groups in total. The zero-order chi connectivity index (χ0) is 12.8. The molecule has 1 aromatic rings. The first-order valence-corrected chi connectivity index (χ1v) is 5.99. The summed E-state index contributed by atoms with van der Waals surface area (Å²) >= 11 is 3.37. The minimum absolute atomic E-state index is 0. The van der Waals surface area contributed by atoms with Crippen molar-refractivity contribution in [1.29, 1.82) is 5.41 Å². The van der Waals surface area contributed by atoms with E-state index in [-0.39, 0.29) is 24.3 Å². The summed E-state index contributed by atoms with van der Waals surface area (Å²) in [7, 11) is 0. The smallest absolute Gasteiger partial charge is 0.198 e. The van der Waals surface area contributed by atoms with Gasteiger partial charge >= 0.3 is 0 Å². The first-order chi connectivity index (χ1) is 8.04. The van der Waals surface area contributed by atoms with Crippen molar-refractivity contribution in [2.24, 2.45) is 16.5 Å². The number of nitrogens with two attached hydrogens (primary N) is 2. The van der Waals surface area contributed by atoms with E-state index in [9.17, 15) is 0 Å². The largest absolute Gasteiger partial charge is 0.370 e. The van der Waals surface area contributed by atoms with Gasteiger partial charge in [0.2, 0.25) is 0 Å². The Balaban J connectivity index is 0.00000289. The van der Waals surface area contributed by atoms with E-state index in [1.807, 2.05) is 31.2 Å². The van der Waals surface area contributed by atoms with Crippen LogP contribution in [0.4, 0.5) is 0 Å². The maximum Gasteiger partial charge on any atom is 0.198 e. The van der Waals surface area contributed by atoms with Crippen molar-refractivity contribution in [3.8, 4) is 0 Å². The number of hydrogen-bond donors (Lipinski definition) is 3. The summed E-state index contributed by atoms with van der Waals surface area (Å²) in [4.78, 5) is 5.64. The highest BCUT2D eigenvalue weighted by Crippen LogP contribution is 2.11. The number of halogens is 2. The Morgan fingerprint density at radius 1 is 1.33 bits per heavy atom. The molecule has 0 radical (unpaired) electrons. The zero-order valence-electron chi connectivity index (χ0n) is 10.1. The Morgan fingerprint density at radius 3 is 2.33 bits per heavy atom. The summed E-state index contributed by atoms with van der Waals surface area (Å²) in [5, 5.41) is 7.33. The number of benzene rings is 1. The quantitative estimate of drug-likeness (QED) is 0.582. The molecule has 18 heavy (non-hydrogen) atoms. The van der Waals surface area contributed by atoms with Gasteiger partial charge in [0.05, 0.1) is 6.54 Å². The Bertz CT molecular complexity index is 418. The lowest BCUT2D eigenvalue weighted by molar-refractivity contribution is 0.618. The second-order valence-electron chi connectivity index (χ2n) is 3.43. The number of aliphatic imine (C=N–C) groups is 1. The molecule has 0 atom stereocenters. The fourth-order valence-corrected chi connectivity index (χ4v) is 1.57.